The Balaban J connectivity index is 1.90. The van der Waals surface area contributed by atoms with Gasteiger partial charge < -0.3 is 10.6 Å². The van der Waals surface area contributed by atoms with Crippen LogP contribution in [-0.4, -0.2) is 20.5 Å². The Kier molecular flexibility index (Phi) is 4.02. The van der Waals surface area contributed by atoms with Crippen molar-refractivity contribution in [3.8, 4) is 0 Å². The van der Waals surface area contributed by atoms with Crippen molar-refractivity contribution in [2.24, 2.45) is 0 Å². The summed E-state index contributed by atoms with van der Waals surface area (Å²) >= 11 is 0. The van der Waals surface area contributed by atoms with Crippen LogP contribution in [0, 0.1) is 19.7 Å². The van der Waals surface area contributed by atoms with Gasteiger partial charge in [-0.2, -0.15) is 4.72 Å². The molecular formula is C16H16FN3O3S. The summed E-state index contributed by atoms with van der Waals surface area (Å²) in [4.78, 5) is 12.4. The summed E-state index contributed by atoms with van der Waals surface area (Å²) in [5.41, 5.74) is 2.38. The Bertz CT molecular complexity index is 908. The molecule has 1 heterocycles. The zero-order valence-corrected chi connectivity index (χ0v) is 13.9. The number of fused-ring (bicyclic) bond motifs is 1. The van der Waals surface area contributed by atoms with Gasteiger partial charge in [0.2, 0.25) is 10.0 Å². The molecule has 0 radical (unpaired) electrons. The third kappa shape index (κ3) is 2.98. The molecule has 24 heavy (non-hydrogen) atoms. The number of sulfonamides is 1. The van der Waals surface area contributed by atoms with Crippen LogP contribution in [0.25, 0.3) is 0 Å². The summed E-state index contributed by atoms with van der Waals surface area (Å²) in [6, 6.07) is 8.79. The number of rotatable bonds is 2. The molecule has 0 fully saturated rings. The summed E-state index contributed by atoms with van der Waals surface area (Å²) in [5, 5.41) is 5.42. The predicted molar refractivity (Wildman–Crippen MR) is 88.7 cm³/mol. The van der Waals surface area contributed by atoms with Gasteiger partial charge in [0, 0.05) is 5.69 Å². The van der Waals surface area contributed by atoms with Gasteiger partial charge in [0.25, 0.3) is 5.91 Å². The topological polar surface area (TPSA) is 87.3 Å². The lowest BCUT2D eigenvalue weighted by Gasteiger charge is -2.27. The Morgan fingerprint density at radius 3 is 2.50 bits per heavy atom. The van der Waals surface area contributed by atoms with Crippen LogP contribution in [0.2, 0.25) is 0 Å². The van der Waals surface area contributed by atoms with Crippen molar-refractivity contribution in [2.45, 2.75) is 24.9 Å². The van der Waals surface area contributed by atoms with Crippen molar-refractivity contribution in [2.75, 3.05) is 10.6 Å². The first-order chi connectivity index (χ1) is 11.3. The molecule has 1 aliphatic heterocycles. The summed E-state index contributed by atoms with van der Waals surface area (Å²) in [7, 11) is -3.91. The van der Waals surface area contributed by atoms with E-state index >= 15 is 0 Å². The maximum atomic E-state index is 13.4. The van der Waals surface area contributed by atoms with E-state index < -0.39 is 27.9 Å². The van der Waals surface area contributed by atoms with E-state index in [-0.39, 0.29) is 10.6 Å². The maximum Gasteiger partial charge on any atom is 0.262 e. The molecular weight excluding hydrogens is 333 g/mol. The van der Waals surface area contributed by atoms with E-state index in [2.05, 4.69) is 15.4 Å². The smallest absolute Gasteiger partial charge is 0.262 e. The van der Waals surface area contributed by atoms with Crippen LogP contribution in [-0.2, 0) is 14.8 Å². The third-order valence-corrected chi connectivity index (χ3v) is 5.28. The van der Waals surface area contributed by atoms with Crippen molar-refractivity contribution in [1.82, 2.24) is 4.72 Å². The SMILES string of the molecule is Cc1cccc(C)c1NC(=O)[C@@H]1Nc2cc(F)ccc2S(=O)(=O)N1. The van der Waals surface area contributed by atoms with Gasteiger partial charge in [0.05, 0.1) is 5.69 Å². The predicted octanol–water partition coefficient (Wildman–Crippen LogP) is 2.11. The van der Waals surface area contributed by atoms with Gasteiger partial charge in [-0.3, -0.25) is 4.79 Å². The molecule has 1 amide bonds. The largest absolute Gasteiger partial charge is 0.360 e. The van der Waals surface area contributed by atoms with Gasteiger partial charge in [0.15, 0.2) is 6.17 Å². The standard InChI is InChI=1S/C16H16FN3O3S/c1-9-4-3-5-10(2)14(9)19-16(21)15-18-12-8-11(17)6-7-13(12)24(22,23)20-15/h3-8,15,18,20H,1-2H3,(H,19,21)/t15-/m1/s1. The van der Waals surface area contributed by atoms with Gasteiger partial charge in [-0.15, -0.1) is 0 Å². The van der Waals surface area contributed by atoms with Gasteiger partial charge >= 0.3 is 0 Å². The monoisotopic (exact) mass is 349 g/mol. The van der Waals surface area contributed by atoms with E-state index in [1.165, 1.54) is 0 Å². The molecule has 2 aromatic carbocycles. The first-order valence-corrected chi connectivity index (χ1v) is 8.72. The van der Waals surface area contributed by atoms with Gasteiger partial charge in [-0.05, 0) is 43.2 Å². The maximum absolute atomic E-state index is 13.4. The number of amides is 1. The molecule has 2 aromatic rings. The van der Waals surface area contributed by atoms with E-state index in [4.69, 9.17) is 0 Å². The Morgan fingerprint density at radius 2 is 1.83 bits per heavy atom. The van der Waals surface area contributed by atoms with Crippen molar-refractivity contribution in [3.63, 3.8) is 0 Å². The molecule has 1 atom stereocenters. The highest BCUT2D eigenvalue weighted by Gasteiger charge is 2.33. The van der Waals surface area contributed by atoms with E-state index in [0.717, 1.165) is 29.3 Å². The molecule has 0 saturated heterocycles. The molecule has 0 aliphatic carbocycles. The fraction of sp³-hybridized carbons (Fsp3) is 0.188. The Labute approximate surface area is 139 Å². The summed E-state index contributed by atoms with van der Waals surface area (Å²) < 4.78 is 40.1. The first kappa shape index (κ1) is 16.4. The molecule has 3 N–H and O–H groups in total. The second kappa shape index (κ2) is 5.88. The minimum atomic E-state index is -3.91. The number of hydrogen-bond acceptors (Lipinski definition) is 4. The molecule has 3 rings (SSSR count). The highest BCUT2D eigenvalue weighted by molar-refractivity contribution is 7.89. The number of nitrogens with one attached hydrogen (secondary N) is 3. The quantitative estimate of drug-likeness (QED) is 0.775. The first-order valence-electron chi connectivity index (χ1n) is 7.23. The Hall–Kier alpha value is -2.45. The molecule has 0 aromatic heterocycles. The normalized spacial score (nSPS) is 18.4. The average molecular weight is 349 g/mol. The van der Waals surface area contributed by atoms with Crippen molar-refractivity contribution < 1.29 is 17.6 Å². The Morgan fingerprint density at radius 1 is 1.17 bits per heavy atom. The van der Waals surface area contributed by atoms with E-state index in [9.17, 15) is 17.6 Å². The lowest BCUT2D eigenvalue weighted by Crippen LogP contribution is -2.51. The van der Waals surface area contributed by atoms with Crippen LogP contribution in [0.15, 0.2) is 41.3 Å². The van der Waals surface area contributed by atoms with Crippen LogP contribution in [0.5, 0.6) is 0 Å². The van der Waals surface area contributed by atoms with Crippen LogP contribution in [0.1, 0.15) is 11.1 Å². The molecule has 0 bridgehead atoms. The molecule has 0 spiro atoms. The van der Waals surface area contributed by atoms with Gasteiger partial charge in [-0.1, -0.05) is 18.2 Å². The van der Waals surface area contributed by atoms with Crippen LogP contribution < -0.4 is 15.4 Å². The highest BCUT2D eigenvalue weighted by Crippen LogP contribution is 2.27. The number of para-hydroxylation sites is 1. The number of aryl methyl sites for hydroxylation is 2. The van der Waals surface area contributed by atoms with E-state index in [0.29, 0.717) is 5.69 Å². The number of anilines is 2. The zero-order valence-electron chi connectivity index (χ0n) is 13.1. The van der Waals surface area contributed by atoms with Crippen LogP contribution >= 0.6 is 0 Å². The van der Waals surface area contributed by atoms with Crippen LogP contribution in [0.4, 0.5) is 15.8 Å². The minimum Gasteiger partial charge on any atom is -0.360 e. The van der Waals surface area contributed by atoms with Gasteiger partial charge in [-0.25, -0.2) is 12.8 Å². The number of carbonyl (C=O) groups is 1. The van der Waals surface area contributed by atoms with E-state index in [1.807, 2.05) is 32.0 Å². The number of hydrogen-bond donors (Lipinski definition) is 3. The molecule has 126 valence electrons. The highest BCUT2D eigenvalue weighted by atomic mass is 32.2. The number of carbonyl (C=O) groups excluding carboxylic acids is 1. The average Bonchev–Trinajstić information content (AvgIpc) is 2.49. The summed E-state index contributed by atoms with van der Waals surface area (Å²) in [5.74, 6) is -1.17. The lowest BCUT2D eigenvalue weighted by atomic mass is 10.1. The van der Waals surface area contributed by atoms with E-state index in [1.54, 1.807) is 0 Å². The molecule has 8 heteroatoms. The molecule has 6 nitrogen and oxygen atoms in total. The molecule has 1 aliphatic rings. The van der Waals surface area contributed by atoms with Crippen LogP contribution in [0.3, 0.4) is 0 Å². The third-order valence-electron chi connectivity index (χ3n) is 3.80. The summed E-state index contributed by atoms with van der Waals surface area (Å²) in [6.07, 6.45) is -1.23. The molecule has 0 unspecified atom stereocenters. The fourth-order valence-electron chi connectivity index (χ4n) is 2.58. The van der Waals surface area contributed by atoms with Gasteiger partial charge in [0.1, 0.15) is 10.7 Å². The molecule has 0 saturated carbocycles. The van der Waals surface area contributed by atoms with Crippen molar-refractivity contribution >= 4 is 27.3 Å². The lowest BCUT2D eigenvalue weighted by molar-refractivity contribution is -0.117. The minimum absolute atomic E-state index is 0.0513. The fourth-order valence-corrected chi connectivity index (χ4v) is 3.84. The van der Waals surface area contributed by atoms with Crippen molar-refractivity contribution in [3.05, 3.63) is 53.3 Å². The number of halogens is 1. The second-order valence-corrected chi connectivity index (χ2v) is 7.28. The summed E-state index contributed by atoms with van der Waals surface area (Å²) in [6.45, 7) is 3.68. The number of benzene rings is 2. The zero-order chi connectivity index (χ0) is 17.5. The second-order valence-electron chi connectivity index (χ2n) is 5.60. The van der Waals surface area contributed by atoms with Crippen molar-refractivity contribution in [1.29, 1.82) is 0 Å².